The second-order valence-corrected chi connectivity index (χ2v) is 10.7. The lowest BCUT2D eigenvalue weighted by atomic mass is 9.86. The highest BCUT2D eigenvalue weighted by molar-refractivity contribution is 5.59. The van der Waals surface area contributed by atoms with Crippen LogP contribution >= 0.6 is 0 Å². The summed E-state index contributed by atoms with van der Waals surface area (Å²) in [6.45, 7) is 9.81. The summed E-state index contributed by atoms with van der Waals surface area (Å²) in [7, 11) is 2.15. The molecule has 41 heavy (non-hydrogen) atoms. The third kappa shape index (κ3) is 9.24. The molecule has 1 fully saturated rings. The highest BCUT2D eigenvalue weighted by Gasteiger charge is 2.34. The molecule has 4 rings (SSSR count). The van der Waals surface area contributed by atoms with Crippen LogP contribution in [0.2, 0.25) is 0 Å². The summed E-state index contributed by atoms with van der Waals surface area (Å²) in [5, 5.41) is 13.6. The Kier molecular flexibility index (Phi) is 12.5. The summed E-state index contributed by atoms with van der Waals surface area (Å²) in [6, 6.07) is 18.7. The van der Waals surface area contributed by atoms with E-state index in [-0.39, 0.29) is 11.7 Å². The molecule has 8 nitrogen and oxygen atoms in total. The Morgan fingerprint density at radius 1 is 1.10 bits per heavy atom. The van der Waals surface area contributed by atoms with Crippen LogP contribution in [0.1, 0.15) is 62.9 Å². The molecule has 3 aromatic rings. The van der Waals surface area contributed by atoms with Crippen LogP contribution in [0.5, 0.6) is 5.75 Å². The summed E-state index contributed by atoms with van der Waals surface area (Å²) in [5.41, 5.74) is 9.51. The third-order valence-electron chi connectivity index (χ3n) is 7.62. The molecule has 1 aromatic heterocycles. The first-order valence-electron chi connectivity index (χ1n) is 14.4. The van der Waals surface area contributed by atoms with Gasteiger partial charge in [-0.25, -0.2) is 5.12 Å². The van der Waals surface area contributed by atoms with E-state index in [4.69, 9.17) is 15.9 Å². The summed E-state index contributed by atoms with van der Waals surface area (Å²) < 4.78 is 21.6. The van der Waals surface area contributed by atoms with Gasteiger partial charge in [-0.15, -0.1) is 0 Å². The van der Waals surface area contributed by atoms with Crippen molar-refractivity contribution < 1.29 is 9.22 Å². The molecule has 0 saturated carbocycles. The zero-order chi connectivity index (χ0) is 29.7. The van der Waals surface area contributed by atoms with Gasteiger partial charge in [-0.2, -0.15) is 0 Å². The van der Waals surface area contributed by atoms with Crippen LogP contribution in [0.15, 0.2) is 73.1 Å². The zero-order valence-electron chi connectivity index (χ0n) is 24.7. The van der Waals surface area contributed by atoms with Gasteiger partial charge in [0, 0.05) is 37.7 Å². The highest BCUT2D eigenvalue weighted by atomic mass is 19.2. The van der Waals surface area contributed by atoms with Crippen LogP contribution in [0, 0.1) is 5.41 Å². The molecule has 222 valence electrons. The highest BCUT2D eigenvalue weighted by Crippen LogP contribution is 2.33. The van der Waals surface area contributed by atoms with E-state index in [0.29, 0.717) is 18.8 Å². The number of ether oxygens (including phenoxy) is 1. The van der Waals surface area contributed by atoms with Gasteiger partial charge in [0.2, 0.25) is 0 Å². The standard InChI is InChI=1S/C31H43FN6O.CH3N/c1-4-5-20-39-29-11-6-8-26(21-29)24(2)38(32)28-10-7-9-27(22-28)36-31(14-18-37(3)19-15-31)23-35-30(33)25-12-16-34-17-13-25;1-2/h6-13,16-17,21-22,24,30,35-36H,4-5,14-15,18-20,23,33H2,1-3H3;2H,1H2/t24-,30?;/m1./s1. The van der Waals surface area contributed by atoms with Gasteiger partial charge in [0.05, 0.1) is 30.0 Å². The smallest absolute Gasteiger partial charge is 0.119 e. The van der Waals surface area contributed by atoms with Crippen LogP contribution in [0.3, 0.4) is 0 Å². The van der Waals surface area contributed by atoms with Crippen LogP contribution in [0.4, 0.5) is 15.9 Å². The Labute approximate surface area is 244 Å². The maximum atomic E-state index is 15.7. The van der Waals surface area contributed by atoms with Crippen molar-refractivity contribution in [3.8, 4) is 5.75 Å². The number of pyridine rings is 1. The van der Waals surface area contributed by atoms with Crippen molar-refractivity contribution >= 4 is 18.1 Å². The summed E-state index contributed by atoms with van der Waals surface area (Å²) in [6.07, 6.45) is 7.19. The van der Waals surface area contributed by atoms with Gasteiger partial charge in [0.25, 0.3) is 0 Å². The number of benzene rings is 2. The number of aromatic nitrogens is 1. The molecule has 0 spiro atoms. The van der Waals surface area contributed by atoms with Gasteiger partial charge in [0.15, 0.2) is 0 Å². The number of hydrogen-bond donors (Lipinski definition) is 4. The van der Waals surface area contributed by atoms with Crippen molar-refractivity contribution in [3.63, 3.8) is 0 Å². The maximum Gasteiger partial charge on any atom is 0.119 e. The van der Waals surface area contributed by atoms with E-state index in [2.05, 4.69) is 41.2 Å². The number of nitrogens with zero attached hydrogens (tertiary/aromatic N) is 3. The Morgan fingerprint density at radius 3 is 2.51 bits per heavy atom. The molecule has 1 aliphatic rings. The Morgan fingerprint density at radius 2 is 1.80 bits per heavy atom. The van der Waals surface area contributed by atoms with E-state index >= 15 is 4.48 Å². The maximum absolute atomic E-state index is 15.7. The van der Waals surface area contributed by atoms with E-state index in [0.717, 1.165) is 66.5 Å². The fourth-order valence-electron chi connectivity index (χ4n) is 4.96. The monoisotopic (exact) mass is 563 g/mol. The molecule has 1 aliphatic heterocycles. The topological polar surface area (TPSA) is 103 Å². The average molecular weight is 564 g/mol. The molecule has 0 radical (unpaired) electrons. The first kappa shape index (κ1) is 32.0. The molecule has 1 saturated heterocycles. The fourth-order valence-corrected chi connectivity index (χ4v) is 4.96. The Hall–Kier alpha value is -3.53. The molecule has 0 amide bonds. The van der Waals surface area contributed by atoms with E-state index in [1.165, 1.54) is 0 Å². The van der Waals surface area contributed by atoms with Gasteiger partial charge in [-0.05, 0) is 93.5 Å². The van der Waals surface area contributed by atoms with Gasteiger partial charge < -0.3 is 26.1 Å². The molecule has 0 aliphatic carbocycles. The molecule has 2 aromatic carbocycles. The lowest BCUT2D eigenvalue weighted by molar-refractivity contribution is 0.198. The number of likely N-dealkylation sites (tertiary alicyclic amines) is 1. The number of anilines is 2. The molecule has 9 heteroatoms. The quantitative estimate of drug-likeness (QED) is 0.0862. The molecule has 5 N–H and O–H groups in total. The fraction of sp³-hybridized carbons (Fsp3) is 0.438. The Bertz CT molecular complexity index is 1170. The van der Waals surface area contributed by atoms with Gasteiger partial charge in [-0.3, -0.25) is 10.3 Å². The normalized spacial score (nSPS) is 16.1. The van der Waals surface area contributed by atoms with Crippen molar-refractivity contribution in [3.05, 3.63) is 84.2 Å². The Balaban J connectivity index is 0.00000226. The molecule has 2 atom stereocenters. The number of nitrogens with one attached hydrogen (secondary N) is 3. The summed E-state index contributed by atoms with van der Waals surface area (Å²) >= 11 is 0. The summed E-state index contributed by atoms with van der Waals surface area (Å²) in [4.78, 5) is 6.42. The van der Waals surface area contributed by atoms with Crippen LogP contribution in [0.25, 0.3) is 0 Å². The lowest BCUT2D eigenvalue weighted by Gasteiger charge is -2.43. The zero-order valence-corrected chi connectivity index (χ0v) is 24.7. The minimum atomic E-state index is -0.465. The average Bonchev–Trinajstić information content (AvgIpc) is 3.02. The van der Waals surface area contributed by atoms with Crippen molar-refractivity contribution in [2.45, 2.75) is 57.3 Å². The number of nitrogens with two attached hydrogens (primary N) is 1. The lowest BCUT2D eigenvalue weighted by Crippen LogP contribution is -2.55. The number of halogens is 1. The SMILES string of the molecule is C=N.CCCCOc1cccc([C@@H](C)N(F)c2cccc(NC3(CNC(N)c4ccncc4)CCN(C)CC3)c2)c1. The minimum absolute atomic E-state index is 0.202. The van der Waals surface area contributed by atoms with Crippen molar-refractivity contribution in [1.82, 2.24) is 15.2 Å². The predicted octanol–water partition coefficient (Wildman–Crippen LogP) is 6.10. The number of rotatable bonds is 13. The van der Waals surface area contributed by atoms with Crippen molar-refractivity contribution in [2.24, 2.45) is 5.73 Å². The molecule has 0 bridgehead atoms. The second-order valence-electron chi connectivity index (χ2n) is 10.7. The number of unbranched alkanes of at least 4 members (excludes halogenated alkanes) is 1. The second kappa shape index (κ2) is 16.0. The van der Waals surface area contributed by atoms with E-state index in [9.17, 15) is 0 Å². The largest absolute Gasteiger partial charge is 0.494 e. The van der Waals surface area contributed by atoms with Gasteiger partial charge >= 0.3 is 0 Å². The predicted molar refractivity (Wildman–Crippen MR) is 167 cm³/mol. The molecular weight excluding hydrogens is 517 g/mol. The molecule has 1 unspecified atom stereocenters. The first-order chi connectivity index (χ1) is 19.9. The van der Waals surface area contributed by atoms with E-state index in [1.54, 1.807) is 12.4 Å². The van der Waals surface area contributed by atoms with Gasteiger partial charge in [-0.1, -0.05) is 36.0 Å². The van der Waals surface area contributed by atoms with Crippen LogP contribution < -0.4 is 26.2 Å². The minimum Gasteiger partial charge on any atom is -0.494 e. The third-order valence-corrected chi connectivity index (χ3v) is 7.62. The molecule has 2 heterocycles. The number of hydrogen-bond acceptors (Lipinski definition) is 8. The molecular formula is C32H46FN7O. The van der Waals surface area contributed by atoms with E-state index in [1.807, 2.05) is 67.6 Å². The van der Waals surface area contributed by atoms with Crippen molar-refractivity contribution in [1.29, 1.82) is 5.41 Å². The first-order valence-corrected chi connectivity index (χ1v) is 14.4. The van der Waals surface area contributed by atoms with Crippen LogP contribution in [-0.2, 0) is 0 Å². The van der Waals surface area contributed by atoms with Crippen LogP contribution in [-0.4, -0.2) is 55.4 Å². The van der Waals surface area contributed by atoms with Crippen molar-refractivity contribution in [2.75, 3.05) is 43.7 Å². The summed E-state index contributed by atoms with van der Waals surface area (Å²) in [5.74, 6) is 0.776. The van der Waals surface area contributed by atoms with E-state index < -0.39 is 6.04 Å². The number of piperidine rings is 1. The van der Waals surface area contributed by atoms with Gasteiger partial charge in [0.1, 0.15) is 5.75 Å².